The first-order valence-electron chi connectivity index (χ1n) is 3.25. The van der Waals surface area contributed by atoms with Crippen molar-refractivity contribution in [2.75, 3.05) is 18.1 Å². The molecule has 0 aromatic carbocycles. The summed E-state index contributed by atoms with van der Waals surface area (Å²) in [6, 6.07) is 0. The Kier molecular flexibility index (Phi) is 2.21. The van der Waals surface area contributed by atoms with Crippen molar-refractivity contribution in [3.63, 3.8) is 0 Å². The molecule has 0 aromatic heterocycles. The van der Waals surface area contributed by atoms with Crippen LogP contribution in [-0.2, 0) is 4.79 Å². The van der Waals surface area contributed by atoms with Crippen LogP contribution in [0, 0.1) is 5.41 Å². The van der Waals surface area contributed by atoms with Crippen LogP contribution in [0.15, 0.2) is 0 Å². The van der Waals surface area contributed by atoms with Crippen LogP contribution in [0.4, 0.5) is 0 Å². The summed E-state index contributed by atoms with van der Waals surface area (Å²) in [5.74, 6) is 1.75. The summed E-state index contributed by atoms with van der Waals surface area (Å²) in [7, 11) is 0. The van der Waals surface area contributed by atoms with Crippen LogP contribution in [0.1, 0.15) is 6.42 Å². The largest absolute Gasteiger partial charge is 0.370 e. The molecule has 1 amide bonds. The SMILES string of the molecule is NCC1(CC(N)=O)CSC1. The molecule has 1 fully saturated rings. The van der Waals surface area contributed by atoms with Crippen molar-refractivity contribution in [2.45, 2.75) is 6.42 Å². The zero-order valence-corrected chi connectivity index (χ0v) is 6.62. The van der Waals surface area contributed by atoms with Gasteiger partial charge in [0.05, 0.1) is 0 Å². The third-order valence-electron chi connectivity index (χ3n) is 1.80. The Hall–Kier alpha value is -0.220. The molecule has 0 spiro atoms. The van der Waals surface area contributed by atoms with Gasteiger partial charge in [-0.15, -0.1) is 0 Å². The Bertz CT molecular complexity index is 139. The molecule has 4 N–H and O–H groups in total. The van der Waals surface area contributed by atoms with Gasteiger partial charge in [0, 0.05) is 29.9 Å². The summed E-state index contributed by atoms with van der Waals surface area (Å²) in [4.78, 5) is 10.5. The van der Waals surface area contributed by atoms with Gasteiger partial charge in [0.1, 0.15) is 0 Å². The molecule has 4 heteroatoms. The molecule has 0 atom stereocenters. The summed E-state index contributed by atoms with van der Waals surface area (Å²) in [5, 5.41) is 0. The van der Waals surface area contributed by atoms with Crippen LogP contribution in [0.5, 0.6) is 0 Å². The molecular weight excluding hydrogens is 148 g/mol. The van der Waals surface area contributed by atoms with Crippen LogP contribution < -0.4 is 11.5 Å². The van der Waals surface area contributed by atoms with Gasteiger partial charge in [-0.05, 0) is 0 Å². The van der Waals surface area contributed by atoms with Gasteiger partial charge in [-0.3, -0.25) is 4.79 Å². The first-order valence-corrected chi connectivity index (χ1v) is 4.40. The summed E-state index contributed by atoms with van der Waals surface area (Å²) in [5.41, 5.74) is 10.6. The number of rotatable bonds is 3. The molecule has 0 saturated carbocycles. The Labute approximate surface area is 64.5 Å². The lowest BCUT2D eigenvalue weighted by Crippen LogP contribution is -2.45. The summed E-state index contributed by atoms with van der Waals surface area (Å²) in [6.45, 7) is 0.586. The Morgan fingerprint density at radius 2 is 2.20 bits per heavy atom. The van der Waals surface area contributed by atoms with Crippen molar-refractivity contribution >= 4 is 17.7 Å². The molecule has 0 unspecified atom stereocenters. The Balaban J connectivity index is 2.40. The number of primary amides is 1. The number of nitrogens with two attached hydrogens (primary N) is 2. The fourth-order valence-electron chi connectivity index (χ4n) is 1.05. The van der Waals surface area contributed by atoms with Crippen LogP contribution in [0.3, 0.4) is 0 Å². The minimum absolute atomic E-state index is 0.0521. The zero-order valence-electron chi connectivity index (χ0n) is 5.80. The fraction of sp³-hybridized carbons (Fsp3) is 0.833. The lowest BCUT2D eigenvalue weighted by atomic mass is 9.88. The molecule has 0 aromatic rings. The van der Waals surface area contributed by atoms with E-state index in [4.69, 9.17) is 11.5 Å². The van der Waals surface area contributed by atoms with E-state index < -0.39 is 0 Å². The van der Waals surface area contributed by atoms with E-state index in [1.54, 1.807) is 0 Å². The molecule has 0 aliphatic carbocycles. The minimum Gasteiger partial charge on any atom is -0.370 e. The third kappa shape index (κ3) is 1.44. The first-order chi connectivity index (χ1) is 4.68. The van der Waals surface area contributed by atoms with E-state index in [0.717, 1.165) is 11.5 Å². The lowest BCUT2D eigenvalue weighted by molar-refractivity contribution is -0.119. The van der Waals surface area contributed by atoms with Crippen LogP contribution in [0.25, 0.3) is 0 Å². The van der Waals surface area contributed by atoms with Crippen molar-refractivity contribution in [2.24, 2.45) is 16.9 Å². The maximum Gasteiger partial charge on any atom is 0.218 e. The summed E-state index contributed by atoms with van der Waals surface area (Å²) in [6.07, 6.45) is 0.455. The van der Waals surface area contributed by atoms with E-state index in [2.05, 4.69) is 0 Å². The van der Waals surface area contributed by atoms with Crippen molar-refractivity contribution in [3.8, 4) is 0 Å². The van der Waals surface area contributed by atoms with Gasteiger partial charge in [0.15, 0.2) is 0 Å². The number of amides is 1. The topological polar surface area (TPSA) is 69.1 Å². The smallest absolute Gasteiger partial charge is 0.218 e. The van der Waals surface area contributed by atoms with E-state index in [9.17, 15) is 4.79 Å². The van der Waals surface area contributed by atoms with Crippen LogP contribution in [-0.4, -0.2) is 24.0 Å². The molecule has 3 nitrogen and oxygen atoms in total. The molecule has 1 aliphatic heterocycles. The van der Waals surface area contributed by atoms with E-state index in [0.29, 0.717) is 13.0 Å². The second-order valence-corrected chi connectivity index (χ2v) is 3.83. The monoisotopic (exact) mass is 160 g/mol. The van der Waals surface area contributed by atoms with E-state index in [-0.39, 0.29) is 11.3 Å². The molecule has 1 aliphatic rings. The van der Waals surface area contributed by atoms with E-state index in [1.807, 2.05) is 11.8 Å². The van der Waals surface area contributed by atoms with Gasteiger partial charge >= 0.3 is 0 Å². The zero-order chi connectivity index (χ0) is 7.61. The van der Waals surface area contributed by atoms with Crippen molar-refractivity contribution in [1.29, 1.82) is 0 Å². The number of carbonyl (C=O) groups is 1. The van der Waals surface area contributed by atoms with Gasteiger partial charge in [0.2, 0.25) is 5.91 Å². The van der Waals surface area contributed by atoms with Crippen LogP contribution in [0.2, 0.25) is 0 Å². The normalized spacial score (nSPS) is 21.7. The molecule has 1 saturated heterocycles. The fourth-order valence-corrected chi connectivity index (χ4v) is 2.27. The second kappa shape index (κ2) is 2.80. The van der Waals surface area contributed by atoms with Crippen LogP contribution >= 0.6 is 11.8 Å². The van der Waals surface area contributed by atoms with Crippen molar-refractivity contribution in [3.05, 3.63) is 0 Å². The third-order valence-corrected chi connectivity index (χ3v) is 3.43. The Morgan fingerprint density at radius 3 is 2.30 bits per heavy atom. The van der Waals surface area contributed by atoms with Gasteiger partial charge in [0.25, 0.3) is 0 Å². The molecule has 58 valence electrons. The molecule has 1 rings (SSSR count). The number of hydrogen-bond donors (Lipinski definition) is 2. The highest BCUT2D eigenvalue weighted by atomic mass is 32.2. The molecule has 0 bridgehead atoms. The number of hydrogen-bond acceptors (Lipinski definition) is 3. The highest BCUT2D eigenvalue weighted by Gasteiger charge is 2.37. The van der Waals surface area contributed by atoms with E-state index in [1.165, 1.54) is 0 Å². The highest BCUT2D eigenvalue weighted by Crippen LogP contribution is 2.39. The van der Waals surface area contributed by atoms with Gasteiger partial charge in [-0.2, -0.15) is 11.8 Å². The first kappa shape index (κ1) is 7.88. The van der Waals surface area contributed by atoms with Crippen molar-refractivity contribution in [1.82, 2.24) is 0 Å². The minimum atomic E-state index is -0.231. The average Bonchev–Trinajstić information content (AvgIpc) is 1.78. The van der Waals surface area contributed by atoms with Gasteiger partial charge in [-0.25, -0.2) is 0 Å². The van der Waals surface area contributed by atoms with Crippen molar-refractivity contribution < 1.29 is 4.79 Å². The van der Waals surface area contributed by atoms with Gasteiger partial charge in [-0.1, -0.05) is 0 Å². The lowest BCUT2D eigenvalue weighted by Gasteiger charge is -2.39. The maximum absolute atomic E-state index is 10.5. The predicted octanol–water partition coefficient (Wildman–Crippen LogP) is -0.446. The maximum atomic E-state index is 10.5. The molecular formula is C6H12N2OS. The molecule has 10 heavy (non-hydrogen) atoms. The number of carbonyl (C=O) groups excluding carboxylic acids is 1. The van der Waals surface area contributed by atoms with Gasteiger partial charge < -0.3 is 11.5 Å². The highest BCUT2D eigenvalue weighted by molar-refractivity contribution is 8.00. The number of thioether (sulfide) groups is 1. The molecule has 0 radical (unpaired) electrons. The predicted molar refractivity (Wildman–Crippen MR) is 42.6 cm³/mol. The Morgan fingerprint density at radius 1 is 1.60 bits per heavy atom. The van der Waals surface area contributed by atoms with E-state index >= 15 is 0 Å². The standard InChI is InChI=1S/C6H12N2OS/c7-2-6(1-5(8)9)3-10-4-6/h1-4,7H2,(H2,8,9). The molecule has 1 heterocycles. The summed E-state index contributed by atoms with van der Waals surface area (Å²) < 4.78 is 0. The average molecular weight is 160 g/mol. The summed E-state index contributed by atoms with van der Waals surface area (Å²) >= 11 is 1.82. The second-order valence-electron chi connectivity index (χ2n) is 2.84. The quantitative estimate of drug-likeness (QED) is 0.587.